The fourth-order valence-electron chi connectivity index (χ4n) is 2.97. The molecule has 114 valence electrons. The number of rotatable bonds is 3. The van der Waals surface area contributed by atoms with Crippen molar-refractivity contribution >= 4 is 22.9 Å². The molecule has 0 atom stereocenters. The van der Waals surface area contributed by atoms with Crippen molar-refractivity contribution in [3.63, 3.8) is 0 Å². The van der Waals surface area contributed by atoms with Crippen LogP contribution in [0.2, 0.25) is 5.02 Å². The lowest BCUT2D eigenvalue weighted by Gasteiger charge is -2.15. The van der Waals surface area contributed by atoms with E-state index < -0.39 is 0 Å². The third-order valence-electron chi connectivity index (χ3n) is 4.01. The smallest absolute Gasteiger partial charge is 0.130 e. The molecule has 22 heavy (non-hydrogen) atoms. The van der Waals surface area contributed by atoms with E-state index in [2.05, 4.69) is 17.1 Å². The lowest BCUT2D eigenvalue weighted by atomic mass is 9.99. The quantitative estimate of drug-likeness (QED) is 0.830. The number of methoxy groups -OCH3 is 2. The molecule has 0 saturated heterocycles. The second kappa shape index (κ2) is 6.41. The zero-order chi connectivity index (χ0) is 15.5. The highest BCUT2D eigenvalue weighted by atomic mass is 35.5. The molecule has 1 heterocycles. The first-order valence-corrected chi connectivity index (χ1v) is 7.66. The Morgan fingerprint density at radius 3 is 2.64 bits per heavy atom. The Bertz CT molecular complexity index is 725. The van der Waals surface area contributed by atoms with Crippen molar-refractivity contribution < 1.29 is 9.47 Å². The van der Waals surface area contributed by atoms with Gasteiger partial charge >= 0.3 is 0 Å². The van der Waals surface area contributed by atoms with Gasteiger partial charge in [0.05, 0.1) is 19.2 Å². The van der Waals surface area contributed by atoms with Gasteiger partial charge in [-0.15, -0.1) is 0 Å². The Hall–Kier alpha value is -2.00. The van der Waals surface area contributed by atoms with Crippen molar-refractivity contribution in [1.29, 1.82) is 0 Å². The monoisotopic (exact) mass is 315 g/mol. The Morgan fingerprint density at radius 2 is 1.91 bits per heavy atom. The molecule has 0 amide bonds. The van der Waals surface area contributed by atoms with Crippen LogP contribution in [0.15, 0.2) is 36.7 Å². The van der Waals surface area contributed by atoms with Crippen molar-refractivity contribution in [2.75, 3.05) is 14.2 Å². The van der Waals surface area contributed by atoms with Crippen LogP contribution in [0.5, 0.6) is 5.75 Å². The number of benzene rings is 1. The van der Waals surface area contributed by atoms with Gasteiger partial charge in [0.15, 0.2) is 0 Å². The second-order valence-corrected chi connectivity index (χ2v) is 5.65. The summed E-state index contributed by atoms with van der Waals surface area (Å²) in [7, 11) is 3.40. The molecule has 0 N–H and O–H groups in total. The van der Waals surface area contributed by atoms with E-state index in [4.69, 9.17) is 21.1 Å². The molecular weight excluding hydrogens is 298 g/mol. The number of pyridine rings is 1. The minimum Gasteiger partial charge on any atom is -0.497 e. The topological polar surface area (TPSA) is 31.4 Å². The van der Waals surface area contributed by atoms with Gasteiger partial charge in [-0.05, 0) is 49.1 Å². The van der Waals surface area contributed by atoms with Crippen LogP contribution < -0.4 is 4.74 Å². The Labute approximate surface area is 135 Å². The zero-order valence-electron chi connectivity index (χ0n) is 12.7. The Balaban J connectivity index is 2.19. The molecule has 2 aromatic rings. The van der Waals surface area contributed by atoms with Crippen molar-refractivity contribution in [2.45, 2.75) is 19.3 Å². The van der Waals surface area contributed by atoms with Crippen LogP contribution in [-0.2, 0) is 11.2 Å². The molecule has 3 nitrogen and oxygen atoms in total. The van der Waals surface area contributed by atoms with Gasteiger partial charge in [-0.25, -0.2) is 0 Å². The van der Waals surface area contributed by atoms with E-state index in [1.165, 1.54) is 5.56 Å². The molecule has 0 aliphatic heterocycles. The van der Waals surface area contributed by atoms with Gasteiger partial charge in [0.25, 0.3) is 0 Å². The van der Waals surface area contributed by atoms with Crippen molar-refractivity contribution in [3.8, 4) is 5.75 Å². The maximum absolute atomic E-state index is 6.34. The number of nitrogens with zero attached hydrogens (tertiary/aromatic N) is 1. The summed E-state index contributed by atoms with van der Waals surface area (Å²) < 4.78 is 11.1. The average molecular weight is 316 g/mol. The summed E-state index contributed by atoms with van der Waals surface area (Å²) in [6.07, 6.45) is 6.40. The van der Waals surface area contributed by atoms with Crippen LogP contribution in [0, 0.1) is 0 Å². The summed E-state index contributed by atoms with van der Waals surface area (Å²) in [5.41, 5.74) is 4.50. The molecule has 1 aliphatic carbocycles. The van der Waals surface area contributed by atoms with Gasteiger partial charge in [-0.1, -0.05) is 11.6 Å². The van der Waals surface area contributed by atoms with Crippen molar-refractivity contribution in [1.82, 2.24) is 4.98 Å². The van der Waals surface area contributed by atoms with Crippen LogP contribution in [-0.4, -0.2) is 19.2 Å². The number of aromatic nitrogens is 1. The second-order valence-electron chi connectivity index (χ2n) is 5.24. The van der Waals surface area contributed by atoms with E-state index in [1.807, 2.05) is 12.1 Å². The van der Waals surface area contributed by atoms with E-state index in [0.29, 0.717) is 5.02 Å². The zero-order valence-corrected chi connectivity index (χ0v) is 13.5. The number of aryl methyl sites for hydroxylation is 1. The number of halogens is 1. The van der Waals surface area contributed by atoms with Gasteiger partial charge < -0.3 is 9.47 Å². The molecular formula is C18H18ClNO2. The third-order valence-corrected chi connectivity index (χ3v) is 4.31. The first-order valence-electron chi connectivity index (χ1n) is 7.29. The highest BCUT2D eigenvalue weighted by Crippen LogP contribution is 2.39. The molecule has 0 unspecified atom stereocenters. The van der Waals surface area contributed by atoms with Crippen LogP contribution in [0.1, 0.15) is 29.5 Å². The normalized spacial score (nSPS) is 14.3. The number of fused-ring (bicyclic) bond motifs is 1. The number of hydrogen-bond donors (Lipinski definition) is 0. The molecule has 0 saturated carbocycles. The molecule has 0 fully saturated rings. The molecule has 1 aliphatic rings. The largest absolute Gasteiger partial charge is 0.497 e. The minimum atomic E-state index is 0.656. The van der Waals surface area contributed by atoms with Crippen molar-refractivity contribution in [3.05, 3.63) is 58.4 Å². The molecule has 4 heteroatoms. The van der Waals surface area contributed by atoms with Gasteiger partial charge in [0.1, 0.15) is 11.5 Å². The number of hydrogen-bond acceptors (Lipinski definition) is 3. The van der Waals surface area contributed by atoms with Crippen LogP contribution in [0.3, 0.4) is 0 Å². The summed E-state index contributed by atoms with van der Waals surface area (Å²) >= 11 is 6.34. The first-order chi connectivity index (χ1) is 10.7. The SMILES string of the molecule is COC1=C(c2ccncc2Cl)CCCc2cc(OC)ccc21. The Morgan fingerprint density at radius 1 is 1.05 bits per heavy atom. The van der Waals surface area contributed by atoms with E-state index in [-0.39, 0.29) is 0 Å². The van der Waals surface area contributed by atoms with E-state index in [1.54, 1.807) is 26.6 Å². The molecule has 0 bridgehead atoms. The highest BCUT2D eigenvalue weighted by Gasteiger charge is 2.21. The van der Waals surface area contributed by atoms with Crippen LogP contribution >= 0.6 is 11.6 Å². The minimum absolute atomic E-state index is 0.656. The molecule has 0 spiro atoms. The summed E-state index contributed by atoms with van der Waals surface area (Å²) in [4.78, 5) is 4.07. The average Bonchev–Trinajstić information content (AvgIpc) is 2.73. The molecule has 1 aromatic heterocycles. The van der Waals surface area contributed by atoms with Gasteiger partial charge in [-0.3, -0.25) is 4.98 Å². The fraction of sp³-hybridized carbons (Fsp3) is 0.278. The highest BCUT2D eigenvalue weighted by molar-refractivity contribution is 6.32. The van der Waals surface area contributed by atoms with Gasteiger partial charge in [0, 0.05) is 29.1 Å². The Kier molecular flexibility index (Phi) is 4.34. The maximum Gasteiger partial charge on any atom is 0.130 e. The summed E-state index contributed by atoms with van der Waals surface area (Å²) in [6, 6.07) is 8.07. The van der Waals surface area contributed by atoms with E-state index in [9.17, 15) is 0 Å². The standard InChI is InChI=1S/C18H18ClNO2/c1-21-13-6-7-14-12(10-13)4-3-5-16(18(14)22-2)15-8-9-20-11-17(15)19/h6-11H,3-5H2,1-2H3. The van der Waals surface area contributed by atoms with E-state index in [0.717, 1.165) is 47.5 Å². The summed E-state index contributed by atoms with van der Waals surface area (Å²) in [5.74, 6) is 1.77. The van der Waals surface area contributed by atoms with Crippen LogP contribution in [0.25, 0.3) is 11.3 Å². The van der Waals surface area contributed by atoms with Crippen LogP contribution in [0.4, 0.5) is 0 Å². The van der Waals surface area contributed by atoms with Gasteiger partial charge in [-0.2, -0.15) is 0 Å². The third kappa shape index (κ3) is 2.69. The lowest BCUT2D eigenvalue weighted by molar-refractivity contribution is 0.370. The lowest BCUT2D eigenvalue weighted by Crippen LogP contribution is -1.97. The molecule has 0 radical (unpaired) electrons. The number of allylic oxidation sites excluding steroid dienone is 1. The molecule has 1 aromatic carbocycles. The van der Waals surface area contributed by atoms with E-state index >= 15 is 0 Å². The number of ether oxygens (including phenoxy) is 2. The summed E-state index contributed by atoms with van der Waals surface area (Å²) in [6.45, 7) is 0. The van der Waals surface area contributed by atoms with Crippen molar-refractivity contribution in [2.24, 2.45) is 0 Å². The molecule has 3 rings (SSSR count). The first kappa shape index (κ1) is 14.9. The maximum atomic E-state index is 6.34. The predicted molar refractivity (Wildman–Crippen MR) is 89.0 cm³/mol. The predicted octanol–water partition coefficient (Wildman–Crippen LogP) is 4.59. The summed E-state index contributed by atoms with van der Waals surface area (Å²) in [5, 5.41) is 0.656. The van der Waals surface area contributed by atoms with Gasteiger partial charge in [0.2, 0.25) is 0 Å². The fourth-order valence-corrected chi connectivity index (χ4v) is 3.20.